The first kappa shape index (κ1) is 14.1. The van der Waals surface area contributed by atoms with Crippen LogP contribution in [0.1, 0.15) is 24.2 Å². The fourth-order valence-corrected chi connectivity index (χ4v) is 1.99. The predicted molar refractivity (Wildman–Crippen MR) is 64.7 cm³/mol. The lowest BCUT2D eigenvalue weighted by Crippen LogP contribution is -2.05. The summed E-state index contributed by atoms with van der Waals surface area (Å²) in [5.74, 6) is 0. The van der Waals surface area contributed by atoms with Crippen LogP contribution in [0.2, 0.25) is 0 Å². The minimum atomic E-state index is -3.27. The van der Waals surface area contributed by atoms with E-state index >= 15 is 0 Å². The van der Waals surface area contributed by atoms with Gasteiger partial charge in [0.2, 0.25) is 15.0 Å². The molecule has 0 aromatic carbocycles. The smallest absolute Gasteiger partial charge is 0.247 e. The van der Waals surface area contributed by atoms with Crippen LogP contribution in [0.5, 0.6) is 0 Å². The number of aryl methyl sites for hydroxylation is 2. The monoisotopic (exact) mass is 258 g/mol. The van der Waals surface area contributed by atoms with E-state index in [1.54, 1.807) is 19.9 Å². The lowest BCUT2D eigenvalue weighted by molar-refractivity contribution is 0.198. The van der Waals surface area contributed by atoms with Gasteiger partial charge in [0.1, 0.15) is 0 Å². The van der Waals surface area contributed by atoms with Gasteiger partial charge in [-0.2, -0.15) is 0 Å². The quantitative estimate of drug-likeness (QED) is 0.710. The van der Waals surface area contributed by atoms with Crippen molar-refractivity contribution < 1.29 is 13.2 Å². The summed E-state index contributed by atoms with van der Waals surface area (Å²) >= 11 is 0. The van der Waals surface area contributed by atoms with Crippen LogP contribution in [0.25, 0.3) is 0 Å². The highest BCUT2D eigenvalue weighted by atomic mass is 32.2. The Labute approximate surface area is 102 Å². The van der Waals surface area contributed by atoms with Crippen molar-refractivity contribution in [2.24, 2.45) is 0 Å². The van der Waals surface area contributed by atoms with Gasteiger partial charge in [-0.25, -0.2) is 18.4 Å². The maximum atomic E-state index is 11.0. The Kier molecular flexibility index (Phi) is 5.02. The molecule has 1 saturated heterocycles. The zero-order valence-electron chi connectivity index (χ0n) is 10.4. The average Bonchev–Trinajstić information content (AvgIpc) is 2.72. The van der Waals surface area contributed by atoms with Crippen molar-refractivity contribution in [2.75, 3.05) is 19.5 Å². The summed E-state index contributed by atoms with van der Waals surface area (Å²) in [5.41, 5.74) is 1.34. The van der Waals surface area contributed by atoms with Gasteiger partial charge >= 0.3 is 0 Å². The number of rotatable bonds is 1. The Morgan fingerprint density at radius 3 is 1.88 bits per heavy atom. The van der Waals surface area contributed by atoms with Gasteiger partial charge in [0.05, 0.1) is 0 Å². The fourth-order valence-electron chi connectivity index (χ4n) is 1.37. The zero-order valence-corrected chi connectivity index (χ0v) is 11.2. The summed E-state index contributed by atoms with van der Waals surface area (Å²) in [6, 6.07) is 1.73. The summed E-state index contributed by atoms with van der Waals surface area (Å²) in [6.45, 7) is 5.48. The Hall–Kier alpha value is -1.01. The Balaban J connectivity index is 0.000000239. The molecule has 0 N–H and O–H groups in total. The Morgan fingerprint density at radius 2 is 1.59 bits per heavy atom. The minimum Gasteiger partial charge on any atom is -0.381 e. The molecular formula is C11H18N2O3S. The van der Waals surface area contributed by atoms with Crippen molar-refractivity contribution in [3.63, 3.8) is 0 Å². The minimum absolute atomic E-state index is 0.0972. The predicted octanol–water partition coefficient (Wildman–Crippen LogP) is 1.29. The molecule has 0 atom stereocenters. The standard InChI is InChI=1S/C7H10N2O2S.C4H8O/c1-5-4-6(2)9-7(8-5)12(3,10)11;1-2-4-5-3-1/h4H,1-3H3;1-4H2. The second kappa shape index (κ2) is 6.07. The first-order valence-corrected chi connectivity index (χ1v) is 7.39. The average molecular weight is 258 g/mol. The van der Waals surface area contributed by atoms with Crippen molar-refractivity contribution in [1.29, 1.82) is 0 Å². The molecule has 1 aromatic rings. The van der Waals surface area contributed by atoms with Gasteiger partial charge in [-0.3, -0.25) is 0 Å². The summed E-state index contributed by atoms with van der Waals surface area (Å²) in [5, 5.41) is -0.0972. The highest BCUT2D eigenvalue weighted by Crippen LogP contribution is 2.04. The van der Waals surface area contributed by atoms with E-state index in [0.717, 1.165) is 19.5 Å². The van der Waals surface area contributed by atoms with Gasteiger partial charge in [0, 0.05) is 30.9 Å². The van der Waals surface area contributed by atoms with Crippen LogP contribution in [0.4, 0.5) is 0 Å². The van der Waals surface area contributed by atoms with Gasteiger partial charge in [-0.1, -0.05) is 0 Å². The van der Waals surface area contributed by atoms with Crippen LogP contribution < -0.4 is 0 Å². The van der Waals surface area contributed by atoms with Crippen LogP contribution in [0.15, 0.2) is 11.2 Å². The summed E-state index contributed by atoms with van der Waals surface area (Å²) in [4.78, 5) is 7.61. The molecule has 1 fully saturated rings. The van der Waals surface area contributed by atoms with Crippen LogP contribution in [-0.4, -0.2) is 37.9 Å². The number of sulfone groups is 1. The lowest BCUT2D eigenvalue weighted by Gasteiger charge is -1.99. The van der Waals surface area contributed by atoms with E-state index in [9.17, 15) is 8.42 Å². The summed E-state index contributed by atoms with van der Waals surface area (Å²) in [7, 11) is -3.27. The molecule has 0 bridgehead atoms. The fraction of sp³-hybridized carbons (Fsp3) is 0.636. The highest BCUT2D eigenvalue weighted by Gasteiger charge is 2.10. The van der Waals surface area contributed by atoms with E-state index < -0.39 is 9.84 Å². The molecule has 1 aliphatic rings. The normalized spacial score (nSPS) is 15.2. The topological polar surface area (TPSA) is 69.2 Å². The van der Waals surface area contributed by atoms with E-state index in [4.69, 9.17) is 4.74 Å². The van der Waals surface area contributed by atoms with E-state index in [1.165, 1.54) is 12.8 Å². The third kappa shape index (κ3) is 5.23. The molecule has 0 radical (unpaired) electrons. The molecule has 96 valence electrons. The molecule has 0 aliphatic carbocycles. The number of hydrogen-bond acceptors (Lipinski definition) is 5. The van der Waals surface area contributed by atoms with Crippen LogP contribution >= 0.6 is 0 Å². The lowest BCUT2D eigenvalue weighted by atomic mass is 10.4. The molecule has 17 heavy (non-hydrogen) atoms. The maximum Gasteiger partial charge on any atom is 0.247 e. The molecular weight excluding hydrogens is 240 g/mol. The van der Waals surface area contributed by atoms with Gasteiger partial charge < -0.3 is 4.74 Å². The van der Waals surface area contributed by atoms with E-state index in [0.29, 0.717) is 11.4 Å². The molecule has 0 unspecified atom stereocenters. The molecule has 1 aliphatic heterocycles. The van der Waals surface area contributed by atoms with Crippen LogP contribution in [0, 0.1) is 13.8 Å². The van der Waals surface area contributed by atoms with Crippen LogP contribution in [-0.2, 0) is 14.6 Å². The van der Waals surface area contributed by atoms with Gasteiger partial charge in [0.25, 0.3) is 0 Å². The SMILES string of the molecule is C1CCOC1.Cc1cc(C)nc(S(C)(=O)=O)n1. The van der Waals surface area contributed by atoms with Crippen molar-refractivity contribution in [3.8, 4) is 0 Å². The molecule has 0 spiro atoms. The second-order valence-corrected chi connectivity index (χ2v) is 5.93. The van der Waals surface area contributed by atoms with Crippen molar-refractivity contribution in [1.82, 2.24) is 9.97 Å². The molecule has 6 heteroatoms. The van der Waals surface area contributed by atoms with Crippen molar-refractivity contribution in [2.45, 2.75) is 31.8 Å². The molecule has 0 saturated carbocycles. The second-order valence-electron chi connectivity index (χ2n) is 4.02. The van der Waals surface area contributed by atoms with Gasteiger partial charge in [0.15, 0.2) is 0 Å². The highest BCUT2D eigenvalue weighted by molar-refractivity contribution is 7.90. The molecule has 0 amide bonds. The molecule has 2 heterocycles. The zero-order chi connectivity index (χ0) is 12.9. The summed E-state index contributed by atoms with van der Waals surface area (Å²) < 4.78 is 27.0. The van der Waals surface area contributed by atoms with E-state index in [-0.39, 0.29) is 5.16 Å². The largest absolute Gasteiger partial charge is 0.381 e. The first-order valence-electron chi connectivity index (χ1n) is 5.49. The van der Waals surface area contributed by atoms with Crippen LogP contribution in [0.3, 0.4) is 0 Å². The van der Waals surface area contributed by atoms with Gasteiger partial charge in [-0.15, -0.1) is 0 Å². The molecule has 1 aromatic heterocycles. The van der Waals surface area contributed by atoms with Gasteiger partial charge in [-0.05, 0) is 32.8 Å². The Bertz CT molecular complexity index is 440. The number of hydrogen-bond donors (Lipinski definition) is 0. The maximum absolute atomic E-state index is 11.0. The summed E-state index contributed by atoms with van der Waals surface area (Å²) in [6.07, 6.45) is 3.65. The number of aromatic nitrogens is 2. The number of nitrogens with zero attached hydrogens (tertiary/aromatic N) is 2. The van der Waals surface area contributed by atoms with Crippen molar-refractivity contribution >= 4 is 9.84 Å². The molecule has 2 rings (SSSR count). The third-order valence-corrected chi connectivity index (χ3v) is 2.97. The Morgan fingerprint density at radius 1 is 1.12 bits per heavy atom. The first-order chi connectivity index (χ1) is 7.89. The third-order valence-electron chi connectivity index (χ3n) is 2.12. The molecule has 5 nitrogen and oxygen atoms in total. The van der Waals surface area contributed by atoms with E-state index in [2.05, 4.69) is 9.97 Å². The number of ether oxygens (including phenoxy) is 1. The van der Waals surface area contributed by atoms with E-state index in [1.807, 2.05) is 0 Å². The van der Waals surface area contributed by atoms with Crippen molar-refractivity contribution in [3.05, 3.63) is 17.5 Å².